The molecule has 0 fully saturated rings. The summed E-state index contributed by atoms with van der Waals surface area (Å²) < 4.78 is 0. The molecule has 0 saturated carbocycles. The lowest BCUT2D eigenvalue weighted by Gasteiger charge is -2.20. The summed E-state index contributed by atoms with van der Waals surface area (Å²) in [6, 6.07) is 13.0. The van der Waals surface area contributed by atoms with Crippen LogP contribution in [0, 0.1) is 20.2 Å². The highest BCUT2D eigenvalue weighted by Crippen LogP contribution is 2.39. The van der Waals surface area contributed by atoms with E-state index in [1.165, 1.54) is 12.1 Å². The minimum atomic E-state index is -0.419. The van der Waals surface area contributed by atoms with Crippen LogP contribution < -0.4 is 0 Å². The Morgan fingerprint density at radius 2 is 1.05 bits per heavy atom. The Labute approximate surface area is 127 Å². The van der Waals surface area contributed by atoms with Gasteiger partial charge in [0.25, 0.3) is 11.4 Å². The van der Waals surface area contributed by atoms with Gasteiger partial charge in [0, 0.05) is 23.3 Å². The Balaban J connectivity index is 2.45. The summed E-state index contributed by atoms with van der Waals surface area (Å²) in [6.45, 7) is 3.70. The van der Waals surface area contributed by atoms with Gasteiger partial charge >= 0.3 is 0 Å². The summed E-state index contributed by atoms with van der Waals surface area (Å²) in [6.07, 6.45) is 0. The van der Waals surface area contributed by atoms with Crippen molar-refractivity contribution >= 4 is 11.4 Å². The second-order valence-corrected chi connectivity index (χ2v) is 5.21. The van der Waals surface area contributed by atoms with E-state index in [1.807, 2.05) is 13.8 Å². The van der Waals surface area contributed by atoms with E-state index in [-0.39, 0.29) is 23.2 Å². The van der Waals surface area contributed by atoms with Gasteiger partial charge in [-0.1, -0.05) is 50.2 Å². The molecule has 6 nitrogen and oxygen atoms in total. The zero-order valence-corrected chi connectivity index (χ0v) is 12.3. The van der Waals surface area contributed by atoms with Crippen LogP contribution in [-0.4, -0.2) is 9.85 Å². The van der Waals surface area contributed by atoms with Gasteiger partial charge in [-0.15, -0.1) is 0 Å². The van der Waals surface area contributed by atoms with E-state index >= 15 is 0 Å². The van der Waals surface area contributed by atoms with Crippen LogP contribution in [0.3, 0.4) is 0 Å². The molecule has 0 heterocycles. The SMILES string of the molecule is CC(c1ccccc1[N+](=O)[O-])C(C)c1ccccc1[N+](=O)[O-]. The number of nitro benzene ring substituents is 2. The molecule has 0 N–H and O–H groups in total. The molecular formula is C16H16N2O4. The molecule has 0 spiro atoms. The predicted octanol–water partition coefficient (Wildman–Crippen LogP) is 4.41. The summed E-state index contributed by atoms with van der Waals surface area (Å²) >= 11 is 0. The molecule has 2 aromatic carbocycles. The van der Waals surface area contributed by atoms with Gasteiger partial charge in [0.1, 0.15) is 0 Å². The second kappa shape index (κ2) is 6.34. The molecule has 2 unspecified atom stereocenters. The maximum absolute atomic E-state index is 11.2. The van der Waals surface area contributed by atoms with Crippen molar-refractivity contribution in [2.45, 2.75) is 25.7 Å². The number of nitro groups is 2. The maximum Gasteiger partial charge on any atom is 0.272 e. The van der Waals surface area contributed by atoms with Crippen LogP contribution >= 0.6 is 0 Å². The van der Waals surface area contributed by atoms with Gasteiger partial charge in [-0.25, -0.2) is 0 Å². The van der Waals surface area contributed by atoms with Crippen LogP contribution in [-0.2, 0) is 0 Å². The molecule has 0 aliphatic carbocycles. The first-order valence-electron chi connectivity index (χ1n) is 6.90. The fourth-order valence-corrected chi connectivity index (χ4v) is 2.62. The number of para-hydroxylation sites is 2. The third kappa shape index (κ3) is 2.95. The molecule has 0 amide bonds. The van der Waals surface area contributed by atoms with Crippen LogP contribution in [0.4, 0.5) is 11.4 Å². The van der Waals surface area contributed by atoms with Gasteiger partial charge in [0.2, 0.25) is 0 Å². The second-order valence-electron chi connectivity index (χ2n) is 5.21. The third-order valence-electron chi connectivity index (χ3n) is 4.00. The van der Waals surface area contributed by atoms with Crippen LogP contribution in [0.25, 0.3) is 0 Å². The molecule has 0 aromatic heterocycles. The van der Waals surface area contributed by atoms with Crippen molar-refractivity contribution in [2.24, 2.45) is 0 Å². The average Bonchev–Trinajstić information content (AvgIpc) is 2.53. The molecular weight excluding hydrogens is 284 g/mol. The number of hydrogen-bond donors (Lipinski definition) is 0. The van der Waals surface area contributed by atoms with Gasteiger partial charge in [0.05, 0.1) is 9.85 Å². The first-order chi connectivity index (χ1) is 10.4. The highest BCUT2D eigenvalue weighted by atomic mass is 16.6. The van der Waals surface area contributed by atoms with Crippen molar-refractivity contribution in [1.29, 1.82) is 0 Å². The lowest BCUT2D eigenvalue weighted by Crippen LogP contribution is -2.09. The topological polar surface area (TPSA) is 86.3 Å². The molecule has 0 aliphatic heterocycles. The molecule has 2 rings (SSSR count). The fraction of sp³-hybridized carbons (Fsp3) is 0.250. The predicted molar refractivity (Wildman–Crippen MR) is 83.0 cm³/mol. The number of nitrogens with zero attached hydrogens (tertiary/aromatic N) is 2. The van der Waals surface area contributed by atoms with E-state index in [9.17, 15) is 20.2 Å². The highest BCUT2D eigenvalue weighted by molar-refractivity contribution is 5.47. The standard InChI is InChI=1S/C16H16N2O4/c1-11(13-7-3-5-9-15(13)17(19)20)12(2)14-8-4-6-10-16(14)18(21)22/h3-12H,1-2H3. The minimum absolute atomic E-state index is 0.0421. The lowest BCUT2D eigenvalue weighted by molar-refractivity contribution is -0.386. The van der Waals surface area contributed by atoms with E-state index < -0.39 is 9.85 Å². The molecule has 0 bridgehead atoms. The highest BCUT2D eigenvalue weighted by Gasteiger charge is 2.27. The fourth-order valence-electron chi connectivity index (χ4n) is 2.62. The van der Waals surface area contributed by atoms with E-state index in [4.69, 9.17) is 0 Å². The van der Waals surface area contributed by atoms with Gasteiger partial charge in [-0.2, -0.15) is 0 Å². The van der Waals surface area contributed by atoms with E-state index in [0.717, 1.165) is 0 Å². The summed E-state index contributed by atoms with van der Waals surface area (Å²) in [7, 11) is 0. The van der Waals surface area contributed by atoms with Crippen molar-refractivity contribution < 1.29 is 9.85 Å². The van der Waals surface area contributed by atoms with Gasteiger partial charge in [0.15, 0.2) is 0 Å². The molecule has 6 heteroatoms. The molecule has 0 radical (unpaired) electrons. The summed E-state index contributed by atoms with van der Waals surface area (Å²) in [5.41, 5.74) is 1.25. The smallest absolute Gasteiger partial charge is 0.258 e. The Morgan fingerprint density at radius 3 is 1.36 bits per heavy atom. The summed E-state index contributed by atoms with van der Waals surface area (Å²) in [5, 5.41) is 22.3. The lowest BCUT2D eigenvalue weighted by atomic mass is 9.82. The zero-order valence-electron chi connectivity index (χ0n) is 12.3. The van der Waals surface area contributed by atoms with Gasteiger partial charge in [-0.3, -0.25) is 20.2 Å². The van der Waals surface area contributed by atoms with Crippen molar-refractivity contribution in [2.75, 3.05) is 0 Å². The molecule has 2 atom stereocenters. The molecule has 114 valence electrons. The zero-order chi connectivity index (χ0) is 16.3. The maximum atomic E-state index is 11.2. The van der Waals surface area contributed by atoms with Gasteiger partial charge in [-0.05, 0) is 11.8 Å². The van der Waals surface area contributed by atoms with Crippen LogP contribution in [0.15, 0.2) is 48.5 Å². The Kier molecular flexibility index (Phi) is 4.50. The first kappa shape index (κ1) is 15.6. The van der Waals surface area contributed by atoms with Crippen LogP contribution in [0.5, 0.6) is 0 Å². The summed E-state index contributed by atoms with van der Waals surface area (Å²) in [5.74, 6) is -0.439. The Bertz CT molecular complexity index is 653. The Morgan fingerprint density at radius 1 is 0.727 bits per heavy atom. The third-order valence-corrected chi connectivity index (χ3v) is 4.00. The normalized spacial score (nSPS) is 13.4. The van der Waals surface area contributed by atoms with Gasteiger partial charge < -0.3 is 0 Å². The number of hydrogen-bond acceptors (Lipinski definition) is 4. The number of benzene rings is 2. The molecule has 2 aromatic rings. The van der Waals surface area contributed by atoms with E-state index in [1.54, 1.807) is 36.4 Å². The Hall–Kier alpha value is -2.76. The van der Waals surface area contributed by atoms with Crippen molar-refractivity contribution in [1.82, 2.24) is 0 Å². The average molecular weight is 300 g/mol. The van der Waals surface area contributed by atoms with Crippen LogP contribution in [0.2, 0.25) is 0 Å². The van der Waals surface area contributed by atoms with Crippen molar-refractivity contribution in [3.63, 3.8) is 0 Å². The van der Waals surface area contributed by atoms with E-state index in [2.05, 4.69) is 0 Å². The summed E-state index contributed by atoms with van der Waals surface area (Å²) in [4.78, 5) is 21.5. The molecule has 0 aliphatic rings. The molecule has 22 heavy (non-hydrogen) atoms. The quantitative estimate of drug-likeness (QED) is 0.604. The van der Waals surface area contributed by atoms with Crippen molar-refractivity contribution in [3.8, 4) is 0 Å². The molecule has 0 saturated heterocycles. The largest absolute Gasteiger partial charge is 0.272 e. The minimum Gasteiger partial charge on any atom is -0.258 e. The van der Waals surface area contributed by atoms with Crippen molar-refractivity contribution in [3.05, 3.63) is 79.9 Å². The van der Waals surface area contributed by atoms with Crippen LogP contribution in [0.1, 0.15) is 36.8 Å². The van der Waals surface area contributed by atoms with E-state index in [0.29, 0.717) is 11.1 Å². The monoisotopic (exact) mass is 300 g/mol. The number of rotatable bonds is 5. The first-order valence-corrected chi connectivity index (χ1v) is 6.90.